The Balaban J connectivity index is 1.37. The van der Waals surface area contributed by atoms with Crippen LogP contribution in [0.5, 0.6) is 5.75 Å². The van der Waals surface area contributed by atoms with Gasteiger partial charge in [-0.05, 0) is 60.7 Å². The molecular formula is C28H29NO5. The van der Waals surface area contributed by atoms with Gasteiger partial charge in [0.15, 0.2) is 0 Å². The van der Waals surface area contributed by atoms with Crippen LogP contribution in [0.15, 0.2) is 72.8 Å². The van der Waals surface area contributed by atoms with Crippen molar-refractivity contribution in [1.29, 1.82) is 0 Å². The van der Waals surface area contributed by atoms with E-state index in [2.05, 4.69) is 17.4 Å². The Morgan fingerprint density at radius 3 is 2.15 bits per heavy atom. The molecule has 0 aromatic heterocycles. The van der Waals surface area contributed by atoms with Gasteiger partial charge in [0.1, 0.15) is 24.0 Å². The lowest BCUT2D eigenvalue weighted by Crippen LogP contribution is -2.42. The van der Waals surface area contributed by atoms with E-state index in [0.29, 0.717) is 5.75 Å². The van der Waals surface area contributed by atoms with Gasteiger partial charge in [-0.1, -0.05) is 60.7 Å². The van der Waals surface area contributed by atoms with E-state index in [4.69, 9.17) is 10.8 Å². The molecule has 0 spiro atoms. The number of hydrogen-bond acceptors (Lipinski definition) is 4. The summed E-state index contributed by atoms with van der Waals surface area (Å²) in [5.41, 5.74) is 4.54. The van der Waals surface area contributed by atoms with Gasteiger partial charge in [0, 0.05) is 13.7 Å². The molecule has 6 heteroatoms. The van der Waals surface area contributed by atoms with Crippen molar-refractivity contribution in [2.75, 3.05) is 6.61 Å². The van der Waals surface area contributed by atoms with E-state index in [1.807, 2.05) is 50.2 Å². The highest BCUT2D eigenvalue weighted by Gasteiger charge is 2.29. The number of aliphatic carboxylic acids is 1. The highest BCUT2D eigenvalue weighted by atomic mass is 16.5. The Hall–Kier alpha value is -3.80. The molecule has 0 saturated heterocycles. The Kier molecular flexibility index (Phi) is 6.21. The summed E-state index contributed by atoms with van der Waals surface area (Å²) in [6.07, 6.45) is -0.668. The monoisotopic (exact) mass is 460 g/mol. The smallest absolute Gasteiger partial charge is 0.407 e. The maximum atomic E-state index is 12.5. The van der Waals surface area contributed by atoms with E-state index in [1.165, 1.54) is 0 Å². The van der Waals surface area contributed by atoms with Crippen molar-refractivity contribution in [3.05, 3.63) is 89.5 Å². The van der Waals surface area contributed by atoms with E-state index < -0.39 is 23.7 Å². The first-order valence-electron chi connectivity index (χ1n) is 11.9. The largest absolute Gasteiger partial charge is 0.488 e. The van der Waals surface area contributed by atoms with Crippen LogP contribution in [0, 0.1) is 0 Å². The van der Waals surface area contributed by atoms with Crippen molar-refractivity contribution < 1.29 is 25.5 Å². The molecule has 1 aliphatic carbocycles. The molecule has 0 unspecified atom stereocenters. The molecule has 3 aromatic carbocycles. The van der Waals surface area contributed by atoms with E-state index >= 15 is 0 Å². The Morgan fingerprint density at radius 1 is 1.00 bits per heavy atom. The number of alkyl carbamates (subject to hydrolysis) is 1. The standard InChI is InChI=1S/C28H29NO5/c1-28(2,3)34-19-14-12-18(13-15-19)16-25(26(30)31)29-27(32)33-17-24-22-10-6-4-8-20(22)21-9-5-7-11-23(21)24/h4-15,24-25H,16-17H2,1-3H3,(H,29,32)(H,30,31)/t25-/m0/s1/i1D. The molecule has 176 valence electrons. The second kappa shape index (κ2) is 9.59. The molecule has 0 saturated carbocycles. The molecule has 2 N–H and O–H groups in total. The zero-order chi connectivity index (χ0) is 25.0. The van der Waals surface area contributed by atoms with E-state index in [1.54, 1.807) is 24.3 Å². The number of ether oxygens (including phenoxy) is 2. The third kappa shape index (κ3) is 5.39. The van der Waals surface area contributed by atoms with Gasteiger partial charge < -0.3 is 19.9 Å². The molecule has 1 aliphatic rings. The minimum atomic E-state index is -1.14. The number of rotatable bonds is 7. The number of hydrogen-bond donors (Lipinski definition) is 2. The summed E-state index contributed by atoms with van der Waals surface area (Å²) in [6, 6.07) is 21.9. The number of carboxylic acid groups (broad SMARTS) is 1. The number of carbonyl (C=O) groups is 2. The molecule has 0 bridgehead atoms. The van der Waals surface area contributed by atoms with Crippen molar-refractivity contribution in [3.63, 3.8) is 0 Å². The van der Waals surface area contributed by atoms with Gasteiger partial charge in [-0.2, -0.15) is 0 Å². The SMILES string of the molecule is [2H]CC(C)(C)Oc1ccc(C[C@H](NC(=O)OCC2c3ccccc3-c3ccccc32)C(=O)O)cc1. The van der Waals surface area contributed by atoms with Crippen molar-refractivity contribution in [1.82, 2.24) is 5.32 Å². The molecule has 1 atom stereocenters. The first-order chi connectivity index (χ1) is 16.8. The van der Waals surface area contributed by atoms with Crippen LogP contribution in [0.4, 0.5) is 4.79 Å². The number of carboxylic acids is 1. The van der Waals surface area contributed by atoms with Crippen LogP contribution >= 0.6 is 0 Å². The fourth-order valence-corrected chi connectivity index (χ4v) is 4.23. The quantitative estimate of drug-likeness (QED) is 0.493. The Bertz CT molecular complexity index is 1160. The third-order valence-electron chi connectivity index (χ3n) is 5.69. The lowest BCUT2D eigenvalue weighted by Gasteiger charge is -2.21. The first kappa shape index (κ1) is 22.0. The average Bonchev–Trinajstić information content (AvgIpc) is 3.17. The number of fused-ring (bicyclic) bond motifs is 3. The van der Waals surface area contributed by atoms with Crippen molar-refractivity contribution in [2.45, 2.75) is 44.7 Å². The lowest BCUT2D eigenvalue weighted by molar-refractivity contribution is -0.139. The van der Waals surface area contributed by atoms with Crippen molar-refractivity contribution >= 4 is 12.1 Å². The van der Waals surface area contributed by atoms with Crippen LogP contribution < -0.4 is 10.1 Å². The Labute approximate surface area is 200 Å². The first-order valence-corrected chi connectivity index (χ1v) is 11.2. The molecule has 6 nitrogen and oxygen atoms in total. The van der Waals surface area contributed by atoms with Crippen molar-refractivity contribution in [2.24, 2.45) is 0 Å². The highest BCUT2D eigenvalue weighted by Crippen LogP contribution is 2.44. The average molecular weight is 461 g/mol. The lowest BCUT2D eigenvalue weighted by atomic mass is 9.98. The maximum absolute atomic E-state index is 12.5. The van der Waals surface area contributed by atoms with Crippen LogP contribution in [-0.2, 0) is 16.0 Å². The zero-order valence-electron chi connectivity index (χ0n) is 20.3. The van der Waals surface area contributed by atoms with E-state index in [-0.39, 0.29) is 25.8 Å². The Morgan fingerprint density at radius 2 is 1.59 bits per heavy atom. The summed E-state index contributed by atoms with van der Waals surface area (Å²) in [5, 5.41) is 12.1. The van der Waals surface area contributed by atoms with Gasteiger partial charge in [-0.15, -0.1) is 0 Å². The summed E-state index contributed by atoms with van der Waals surface area (Å²) in [5.74, 6) is -0.645. The number of amides is 1. The molecule has 0 fully saturated rings. The second-order valence-electron chi connectivity index (χ2n) is 9.07. The topological polar surface area (TPSA) is 84.9 Å². The zero-order valence-corrected chi connectivity index (χ0v) is 19.3. The van der Waals surface area contributed by atoms with Crippen LogP contribution in [-0.4, -0.2) is 35.4 Å². The van der Waals surface area contributed by atoms with Gasteiger partial charge in [0.2, 0.25) is 0 Å². The maximum Gasteiger partial charge on any atom is 0.407 e. The van der Waals surface area contributed by atoms with Crippen LogP contribution in [0.3, 0.4) is 0 Å². The fourth-order valence-electron chi connectivity index (χ4n) is 4.23. The van der Waals surface area contributed by atoms with Gasteiger partial charge in [-0.25, -0.2) is 9.59 Å². The van der Waals surface area contributed by atoms with Gasteiger partial charge in [0.05, 0.1) is 0 Å². The summed E-state index contributed by atoms with van der Waals surface area (Å²) in [6.45, 7) is 3.88. The van der Waals surface area contributed by atoms with Crippen LogP contribution in [0.2, 0.25) is 0 Å². The van der Waals surface area contributed by atoms with Crippen molar-refractivity contribution in [3.8, 4) is 16.9 Å². The normalized spacial score (nSPS) is 13.9. The number of nitrogens with one attached hydrogen (secondary N) is 1. The number of benzene rings is 3. The molecule has 0 aliphatic heterocycles. The summed E-state index contributed by atoms with van der Waals surface area (Å²) in [4.78, 5) is 24.3. The molecular weight excluding hydrogens is 430 g/mol. The summed E-state index contributed by atoms with van der Waals surface area (Å²) < 4.78 is 18.8. The highest BCUT2D eigenvalue weighted by molar-refractivity contribution is 5.81. The molecule has 0 radical (unpaired) electrons. The molecule has 3 aromatic rings. The summed E-state index contributed by atoms with van der Waals surface area (Å²) >= 11 is 0. The summed E-state index contributed by atoms with van der Waals surface area (Å²) in [7, 11) is 0. The van der Waals surface area contributed by atoms with Gasteiger partial charge >= 0.3 is 12.1 Å². The fraction of sp³-hybridized carbons (Fsp3) is 0.286. The number of carbonyl (C=O) groups excluding carboxylic acids is 1. The predicted octanol–water partition coefficient (Wildman–Crippen LogP) is 5.40. The minimum absolute atomic E-state index is 0.0989. The molecule has 34 heavy (non-hydrogen) atoms. The second-order valence-corrected chi connectivity index (χ2v) is 9.07. The molecule has 0 heterocycles. The molecule has 1 amide bonds. The van der Waals surface area contributed by atoms with Gasteiger partial charge in [-0.3, -0.25) is 0 Å². The van der Waals surface area contributed by atoms with E-state index in [9.17, 15) is 14.7 Å². The predicted molar refractivity (Wildman–Crippen MR) is 130 cm³/mol. The minimum Gasteiger partial charge on any atom is -0.488 e. The van der Waals surface area contributed by atoms with Crippen LogP contribution in [0.25, 0.3) is 11.1 Å². The van der Waals surface area contributed by atoms with Gasteiger partial charge in [0.25, 0.3) is 0 Å². The van der Waals surface area contributed by atoms with Crippen LogP contribution in [0.1, 0.15) is 44.7 Å². The van der Waals surface area contributed by atoms with E-state index in [0.717, 1.165) is 27.8 Å². The molecule has 4 rings (SSSR count). The third-order valence-corrected chi connectivity index (χ3v) is 5.69.